The third kappa shape index (κ3) is 4.00. The van der Waals surface area contributed by atoms with E-state index < -0.39 is 5.60 Å². The zero-order valence-electron chi connectivity index (χ0n) is 20.0. The zero-order valence-corrected chi connectivity index (χ0v) is 20.0. The highest BCUT2D eigenvalue weighted by molar-refractivity contribution is 5.83. The summed E-state index contributed by atoms with van der Waals surface area (Å²) >= 11 is 0. The third-order valence-corrected chi connectivity index (χ3v) is 6.75. The Bertz CT molecular complexity index is 1130. The van der Waals surface area contributed by atoms with Crippen molar-refractivity contribution in [3.63, 3.8) is 0 Å². The fourth-order valence-electron chi connectivity index (χ4n) is 4.84. The molecule has 32 heavy (non-hydrogen) atoms. The molecule has 0 fully saturated rings. The second-order valence-corrected chi connectivity index (χ2v) is 10.0. The molecule has 0 aromatic heterocycles. The van der Waals surface area contributed by atoms with Gasteiger partial charge in [-0.2, -0.15) is 0 Å². The van der Waals surface area contributed by atoms with Crippen molar-refractivity contribution in [3.8, 4) is 0 Å². The van der Waals surface area contributed by atoms with E-state index in [2.05, 4.69) is 71.0 Å². The number of allylic oxidation sites excluding steroid dienone is 2. The molecule has 0 amide bonds. The van der Waals surface area contributed by atoms with Crippen LogP contribution in [0.3, 0.4) is 0 Å². The highest BCUT2D eigenvalue weighted by atomic mass is 19.1. The lowest BCUT2D eigenvalue weighted by Crippen LogP contribution is -2.38. The second-order valence-electron chi connectivity index (χ2n) is 10.0. The van der Waals surface area contributed by atoms with Crippen LogP contribution >= 0.6 is 0 Å². The Hall–Kier alpha value is -2.49. The molecule has 1 atom stereocenters. The summed E-state index contributed by atoms with van der Waals surface area (Å²) in [7, 11) is 1.64. The first kappa shape index (κ1) is 22.7. The van der Waals surface area contributed by atoms with Crippen LogP contribution in [-0.2, 0) is 21.3 Å². The number of halogens is 1. The van der Waals surface area contributed by atoms with E-state index in [1.54, 1.807) is 19.2 Å². The Balaban J connectivity index is 1.87. The van der Waals surface area contributed by atoms with E-state index in [0.29, 0.717) is 6.42 Å². The third-order valence-electron chi connectivity index (χ3n) is 6.75. The van der Waals surface area contributed by atoms with Crippen LogP contribution in [-0.4, -0.2) is 19.5 Å². The fourth-order valence-corrected chi connectivity index (χ4v) is 4.84. The van der Waals surface area contributed by atoms with Crippen LogP contribution in [0.25, 0.3) is 11.6 Å². The maximum absolute atomic E-state index is 14.8. The van der Waals surface area contributed by atoms with E-state index in [1.807, 2.05) is 6.08 Å². The topological polar surface area (TPSA) is 18.5 Å². The largest absolute Gasteiger partial charge is 0.359 e. The number of methoxy groups -OCH3 is 1. The molecule has 2 aliphatic rings. The summed E-state index contributed by atoms with van der Waals surface area (Å²) in [5.41, 5.74) is 8.33. The van der Waals surface area contributed by atoms with Crippen molar-refractivity contribution in [2.45, 2.75) is 58.5 Å². The SMILES string of the molecule is COCOC1(C2=Cc3c(C)ccc(C)c3C2)CC=CC=C1c1cc(F)cc(C(C)(C)C)c1. The Morgan fingerprint density at radius 1 is 1.06 bits per heavy atom. The maximum atomic E-state index is 14.8. The van der Waals surface area contributed by atoms with E-state index in [4.69, 9.17) is 9.47 Å². The monoisotopic (exact) mass is 432 g/mol. The van der Waals surface area contributed by atoms with Gasteiger partial charge in [0.2, 0.25) is 0 Å². The average molecular weight is 433 g/mol. The molecular formula is C29H33FO2. The Kier molecular flexibility index (Phi) is 6.00. The van der Waals surface area contributed by atoms with Gasteiger partial charge in [-0.15, -0.1) is 0 Å². The molecule has 0 aliphatic heterocycles. The van der Waals surface area contributed by atoms with Crippen LogP contribution in [0.4, 0.5) is 4.39 Å². The van der Waals surface area contributed by atoms with Crippen molar-refractivity contribution < 1.29 is 13.9 Å². The highest BCUT2D eigenvalue weighted by Crippen LogP contribution is 2.48. The minimum absolute atomic E-state index is 0.158. The average Bonchev–Trinajstić information content (AvgIpc) is 3.21. The molecule has 2 aromatic rings. The van der Waals surface area contributed by atoms with Crippen molar-refractivity contribution in [2.75, 3.05) is 13.9 Å². The van der Waals surface area contributed by atoms with Crippen LogP contribution in [0, 0.1) is 19.7 Å². The number of benzene rings is 2. The lowest BCUT2D eigenvalue weighted by atomic mass is 9.75. The number of aryl methyl sites for hydroxylation is 2. The van der Waals surface area contributed by atoms with Crippen molar-refractivity contribution >= 4 is 11.6 Å². The normalized spacial score (nSPS) is 20.2. The van der Waals surface area contributed by atoms with Gasteiger partial charge in [0.05, 0.1) is 0 Å². The van der Waals surface area contributed by atoms with Gasteiger partial charge in [0.25, 0.3) is 0 Å². The predicted octanol–water partition coefficient (Wildman–Crippen LogP) is 7.08. The summed E-state index contributed by atoms with van der Waals surface area (Å²) < 4.78 is 26.7. The van der Waals surface area contributed by atoms with Crippen LogP contribution in [0.1, 0.15) is 60.6 Å². The first-order valence-corrected chi connectivity index (χ1v) is 11.3. The molecule has 0 heterocycles. The first-order valence-electron chi connectivity index (χ1n) is 11.3. The van der Waals surface area contributed by atoms with Crippen molar-refractivity contribution in [3.05, 3.63) is 93.3 Å². The number of fused-ring (bicyclic) bond motifs is 1. The molecule has 2 aromatic carbocycles. The van der Waals surface area contributed by atoms with Gasteiger partial charge in [-0.1, -0.05) is 63.3 Å². The summed E-state index contributed by atoms with van der Waals surface area (Å²) in [6, 6.07) is 9.74. The van der Waals surface area contributed by atoms with Crippen LogP contribution in [0.5, 0.6) is 0 Å². The second kappa shape index (κ2) is 8.46. The summed E-state index contributed by atoms with van der Waals surface area (Å²) in [4.78, 5) is 0. The number of hydrogen-bond acceptors (Lipinski definition) is 2. The highest BCUT2D eigenvalue weighted by Gasteiger charge is 2.42. The Labute approximate surface area is 191 Å². The van der Waals surface area contributed by atoms with Gasteiger partial charge in [0.15, 0.2) is 0 Å². The smallest absolute Gasteiger partial charge is 0.148 e. The van der Waals surface area contributed by atoms with Crippen LogP contribution in [0.15, 0.2) is 54.1 Å². The minimum Gasteiger partial charge on any atom is -0.359 e. The molecule has 1 unspecified atom stereocenters. The molecule has 2 aliphatic carbocycles. The molecule has 0 radical (unpaired) electrons. The quantitative estimate of drug-likeness (QED) is 0.470. The molecule has 0 saturated carbocycles. The molecule has 3 heteroatoms. The van der Waals surface area contributed by atoms with Gasteiger partial charge in [-0.3, -0.25) is 0 Å². The van der Waals surface area contributed by atoms with Crippen LogP contribution < -0.4 is 0 Å². The van der Waals surface area contributed by atoms with Gasteiger partial charge >= 0.3 is 0 Å². The van der Waals surface area contributed by atoms with Crippen molar-refractivity contribution in [1.82, 2.24) is 0 Å². The fraction of sp³-hybridized carbons (Fsp3) is 0.379. The van der Waals surface area contributed by atoms with Crippen molar-refractivity contribution in [1.29, 1.82) is 0 Å². The predicted molar refractivity (Wildman–Crippen MR) is 130 cm³/mol. The van der Waals surface area contributed by atoms with E-state index in [-0.39, 0.29) is 18.0 Å². The molecule has 0 saturated heterocycles. The van der Waals surface area contributed by atoms with E-state index in [1.165, 1.54) is 27.8 Å². The van der Waals surface area contributed by atoms with Gasteiger partial charge in [-0.25, -0.2) is 4.39 Å². The van der Waals surface area contributed by atoms with Crippen LogP contribution in [0.2, 0.25) is 0 Å². The molecular weight excluding hydrogens is 399 g/mol. The lowest BCUT2D eigenvalue weighted by Gasteiger charge is -2.39. The Morgan fingerprint density at radius 3 is 2.50 bits per heavy atom. The van der Waals surface area contributed by atoms with Gasteiger partial charge in [-0.05, 0) is 82.3 Å². The molecule has 4 rings (SSSR count). The first-order chi connectivity index (χ1) is 15.2. The summed E-state index contributed by atoms with van der Waals surface area (Å²) in [5, 5.41) is 0. The number of ether oxygens (including phenoxy) is 2. The standard InChI is InChI=1S/C29H33FO2/c1-19-10-11-20(2)26-17-23(16-25(19)26)29(32-18-31-6)12-8-7-9-27(29)21-13-22(28(3,4)5)15-24(30)14-21/h7-11,13-16H,12,17-18H2,1-6H3. The van der Waals surface area contributed by atoms with Gasteiger partial charge < -0.3 is 9.47 Å². The number of rotatable bonds is 5. The van der Waals surface area contributed by atoms with E-state index in [9.17, 15) is 4.39 Å². The van der Waals surface area contributed by atoms with Crippen molar-refractivity contribution in [2.24, 2.45) is 0 Å². The minimum atomic E-state index is -0.703. The summed E-state index contributed by atoms with van der Waals surface area (Å²) in [6.07, 6.45) is 10.0. The van der Waals surface area contributed by atoms with Gasteiger partial charge in [0, 0.05) is 13.5 Å². The summed E-state index contributed by atoms with van der Waals surface area (Å²) in [6.45, 7) is 10.8. The number of hydrogen-bond donors (Lipinski definition) is 0. The lowest BCUT2D eigenvalue weighted by molar-refractivity contribution is -0.0866. The Morgan fingerprint density at radius 2 is 1.81 bits per heavy atom. The van der Waals surface area contributed by atoms with Gasteiger partial charge in [0.1, 0.15) is 18.2 Å². The maximum Gasteiger partial charge on any atom is 0.148 e. The molecule has 0 spiro atoms. The molecule has 2 nitrogen and oxygen atoms in total. The van der Waals surface area contributed by atoms with E-state index in [0.717, 1.165) is 23.1 Å². The zero-order chi connectivity index (χ0) is 23.1. The molecule has 168 valence electrons. The van der Waals surface area contributed by atoms with E-state index >= 15 is 0 Å². The summed E-state index contributed by atoms with van der Waals surface area (Å²) in [5.74, 6) is -0.223. The molecule has 0 bridgehead atoms. The molecule has 0 N–H and O–H groups in total.